The van der Waals surface area contributed by atoms with E-state index >= 15 is 0 Å². The molecule has 110 valence electrons. The molecule has 1 atom stereocenters. The first-order valence-electron chi connectivity index (χ1n) is 6.54. The number of benzene rings is 2. The highest BCUT2D eigenvalue weighted by Crippen LogP contribution is 2.27. The maximum absolute atomic E-state index is 12.1. The van der Waals surface area contributed by atoms with E-state index in [0.29, 0.717) is 22.9 Å². The summed E-state index contributed by atoms with van der Waals surface area (Å²) < 4.78 is 5.06. The summed E-state index contributed by atoms with van der Waals surface area (Å²) >= 11 is 6.01. The topological polar surface area (TPSA) is 64.3 Å². The molecule has 2 aromatic carbocycles. The summed E-state index contributed by atoms with van der Waals surface area (Å²) in [5, 5.41) is 3.19. The van der Waals surface area contributed by atoms with Crippen LogP contribution >= 0.6 is 11.6 Å². The molecule has 1 unspecified atom stereocenters. The highest BCUT2D eigenvalue weighted by atomic mass is 35.5. The lowest BCUT2D eigenvalue weighted by Gasteiger charge is -2.13. The van der Waals surface area contributed by atoms with Gasteiger partial charge in [-0.3, -0.25) is 4.79 Å². The molecule has 0 bridgehead atoms. The third-order valence-electron chi connectivity index (χ3n) is 3.05. The van der Waals surface area contributed by atoms with Crippen LogP contribution in [-0.2, 0) is 11.2 Å². The maximum Gasteiger partial charge on any atom is 0.241 e. The number of methoxy groups -OCH3 is 1. The van der Waals surface area contributed by atoms with Crippen LogP contribution < -0.4 is 15.8 Å². The maximum atomic E-state index is 12.1. The van der Waals surface area contributed by atoms with Crippen LogP contribution in [0.25, 0.3) is 0 Å². The first-order valence-corrected chi connectivity index (χ1v) is 6.92. The Labute approximate surface area is 128 Å². The molecule has 0 heterocycles. The molecule has 2 aromatic rings. The molecule has 21 heavy (non-hydrogen) atoms. The van der Waals surface area contributed by atoms with Gasteiger partial charge in [0.05, 0.1) is 18.2 Å². The van der Waals surface area contributed by atoms with Crippen LogP contribution in [0.5, 0.6) is 5.75 Å². The fourth-order valence-corrected chi connectivity index (χ4v) is 2.20. The third kappa shape index (κ3) is 4.21. The number of hydrogen-bond acceptors (Lipinski definition) is 3. The van der Waals surface area contributed by atoms with Crippen LogP contribution in [0, 0.1) is 0 Å². The van der Waals surface area contributed by atoms with Crippen molar-refractivity contribution in [1.29, 1.82) is 0 Å². The van der Waals surface area contributed by atoms with Gasteiger partial charge >= 0.3 is 0 Å². The zero-order valence-electron chi connectivity index (χ0n) is 11.7. The van der Waals surface area contributed by atoms with Crippen molar-refractivity contribution >= 4 is 23.2 Å². The summed E-state index contributed by atoms with van der Waals surface area (Å²) in [4.78, 5) is 12.1. The van der Waals surface area contributed by atoms with Crippen LogP contribution in [0.4, 0.5) is 5.69 Å². The van der Waals surface area contributed by atoms with Crippen LogP contribution in [-0.4, -0.2) is 19.1 Å². The van der Waals surface area contributed by atoms with E-state index in [9.17, 15) is 4.79 Å². The molecule has 0 aromatic heterocycles. The SMILES string of the molecule is COc1ccc(NC(=O)C(N)Cc2ccccc2)cc1Cl. The van der Waals surface area contributed by atoms with Crippen LogP contribution in [0.3, 0.4) is 0 Å². The van der Waals surface area contributed by atoms with Crippen molar-refractivity contribution in [1.82, 2.24) is 0 Å². The van der Waals surface area contributed by atoms with Gasteiger partial charge in [-0.05, 0) is 30.2 Å². The lowest BCUT2D eigenvalue weighted by Crippen LogP contribution is -2.37. The fraction of sp³-hybridized carbons (Fsp3) is 0.188. The van der Waals surface area contributed by atoms with Crippen molar-refractivity contribution in [2.75, 3.05) is 12.4 Å². The summed E-state index contributed by atoms with van der Waals surface area (Å²) in [6.45, 7) is 0. The predicted octanol–water partition coefficient (Wildman–Crippen LogP) is 2.86. The Bertz CT molecular complexity index is 617. The van der Waals surface area contributed by atoms with Gasteiger partial charge in [0.15, 0.2) is 0 Å². The number of anilines is 1. The lowest BCUT2D eigenvalue weighted by molar-refractivity contribution is -0.117. The molecule has 0 saturated heterocycles. The number of hydrogen-bond donors (Lipinski definition) is 2. The highest BCUT2D eigenvalue weighted by Gasteiger charge is 2.14. The first kappa shape index (κ1) is 15.4. The Balaban J connectivity index is 1.99. The van der Waals surface area contributed by atoms with Gasteiger partial charge in [0.1, 0.15) is 5.75 Å². The number of rotatable bonds is 5. The molecule has 2 rings (SSSR count). The molecule has 0 aliphatic heterocycles. The van der Waals surface area contributed by atoms with E-state index in [1.807, 2.05) is 30.3 Å². The Morgan fingerprint density at radius 2 is 2.00 bits per heavy atom. The number of carbonyl (C=O) groups is 1. The fourth-order valence-electron chi connectivity index (χ4n) is 1.94. The van der Waals surface area contributed by atoms with Gasteiger partial charge in [-0.25, -0.2) is 0 Å². The minimum absolute atomic E-state index is 0.250. The zero-order chi connectivity index (χ0) is 15.2. The average molecular weight is 305 g/mol. The standard InChI is InChI=1S/C16H17ClN2O2/c1-21-15-8-7-12(10-13(15)17)19-16(20)14(18)9-11-5-3-2-4-6-11/h2-8,10,14H,9,18H2,1H3,(H,19,20). The highest BCUT2D eigenvalue weighted by molar-refractivity contribution is 6.32. The molecule has 0 saturated carbocycles. The van der Waals surface area contributed by atoms with Gasteiger partial charge in [-0.1, -0.05) is 41.9 Å². The molecular weight excluding hydrogens is 288 g/mol. The van der Waals surface area contributed by atoms with Crippen molar-refractivity contribution in [3.63, 3.8) is 0 Å². The Morgan fingerprint density at radius 3 is 2.62 bits per heavy atom. The van der Waals surface area contributed by atoms with Crippen LogP contribution in [0.1, 0.15) is 5.56 Å². The largest absolute Gasteiger partial charge is 0.495 e. The van der Waals surface area contributed by atoms with Crippen molar-refractivity contribution < 1.29 is 9.53 Å². The minimum Gasteiger partial charge on any atom is -0.495 e. The summed E-state index contributed by atoms with van der Waals surface area (Å²) in [6, 6.07) is 14.1. The molecule has 0 aliphatic carbocycles. The summed E-state index contributed by atoms with van der Waals surface area (Å²) in [7, 11) is 1.54. The Morgan fingerprint density at radius 1 is 1.29 bits per heavy atom. The number of ether oxygens (including phenoxy) is 1. The molecule has 0 aliphatic rings. The second-order valence-electron chi connectivity index (χ2n) is 4.63. The van der Waals surface area contributed by atoms with Gasteiger partial charge in [-0.15, -0.1) is 0 Å². The molecular formula is C16H17ClN2O2. The van der Waals surface area contributed by atoms with Crippen LogP contribution in [0.15, 0.2) is 48.5 Å². The zero-order valence-corrected chi connectivity index (χ0v) is 12.4. The van der Waals surface area contributed by atoms with Crippen molar-refractivity contribution in [2.24, 2.45) is 5.73 Å². The average Bonchev–Trinajstić information content (AvgIpc) is 2.48. The van der Waals surface area contributed by atoms with E-state index in [4.69, 9.17) is 22.1 Å². The van der Waals surface area contributed by atoms with Crippen molar-refractivity contribution in [2.45, 2.75) is 12.5 Å². The number of amides is 1. The van der Waals surface area contributed by atoms with Crippen molar-refractivity contribution in [3.8, 4) is 5.75 Å². The molecule has 0 spiro atoms. The van der Waals surface area contributed by atoms with Gasteiger partial charge < -0.3 is 15.8 Å². The monoisotopic (exact) mass is 304 g/mol. The van der Waals surface area contributed by atoms with Crippen molar-refractivity contribution in [3.05, 3.63) is 59.1 Å². The lowest BCUT2D eigenvalue weighted by atomic mass is 10.1. The second kappa shape index (κ2) is 7.11. The van der Waals surface area contributed by atoms with E-state index in [1.165, 1.54) is 7.11 Å². The molecule has 4 nitrogen and oxygen atoms in total. The molecule has 1 amide bonds. The summed E-state index contributed by atoms with van der Waals surface area (Å²) in [6.07, 6.45) is 0.483. The van der Waals surface area contributed by atoms with Gasteiger partial charge in [0.2, 0.25) is 5.91 Å². The molecule has 0 radical (unpaired) electrons. The number of carbonyl (C=O) groups excluding carboxylic acids is 1. The van der Waals surface area contributed by atoms with Gasteiger partial charge in [0, 0.05) is 5.69 Å². The van der Waals surface area contributed by atoms with E-state index in [1.54, 1.807) is 18.2 Å². The number of nitrogens with one attached hydrogen (secondary N) is 1. The van der Waals surface area contributed by atoms with E-state index in [2.05, 4.69) is 5.32 Å². The normalized spacial score (nSPS) is 11.8. The number of nitrogens with two attached hydrogens (primary N) is 1. The Kier molecular flexibility index (Phi) is 5.20. The summed E-state index contributed by atoms with van der Waals surface area (Å²) in [5.74, 6) is 0.309. The van der Waals surface area contributed by atoms with Crippen LogP contribution in [0.2, 0.25) is 5.02 Å². The smallest absolute Gasteiger partial charge is 0.241 e. The molecule has 5 heteroatoms. The second-order valence-corrected chi connectivity index (χ2v) is 5.04. The van der Waals surface area contributed by atoms with Gasteiger partial charge in [0.25, 0.3) is 0 Å². The van der Waals surface area contributed by atoms with E-state index < -0.39 is 6.04 Å². The van der Waals surface area contributed by atoms with E-state index in [0.717, 1.165) is 5.56 Å². The number of halogens is 1. The first-order chi connectivity index (χ1) is 10.1. The van der Waals surface area contributed by atoms with E-state index in [-0.39, 0.29) is 5.91 Å². The summed E-state index contributed by atoms with van der Waals surface area (Å²) in [5.41, 5.74) is 7.53. The third-order valence-corrected chi connectivity index (χ3v) is 3.35. The quantitative estimate of drug-likeness (QED) is 0.892. The molecule has 0 fully saturated rings. The predicted molar refractivity (Wildman–Crippen MR) is 84.8 cm³/mol. The minimum atomic E-state index is -0.617. The molecule has 3 N–H and O–H groups in total. The van der Waals surface area contributed by atoms with Gasteiger partial charge in [-0.2, -0.15) is 0 Å². The Hall–Kier alpha value is -2.04.